The highest BCUT2D eigenvalue weighted by Gasteiger charge is 2.47. The molecule has 2 aliphatic heterocycles. The largest absolute Gasteiger partial charge is 0.497 e. The summed E-state index contributed by atoms with van der Waals surface area (Å²) in [5.74, 6) is 0.633. The number of carbonyl (C=O) groups excluding carboxylic acids is 2. The van der Waals surface area contributed by atoms with Crippen LogP contribution in [0.15, 0.2) is 48.5 Å². The van der Waals surface area contributed by atoms with E-state index in [1.54, 1.807) is 7.11 Å². The summed E-state index contributed by atoms with van der Waals surface area (Å²) in [6.45, 7) is 1.62. The number of benzene rings is 2. The van der Waals surface area contributed by atoms with Crippen LogP contribution in [0.2, 0.25) is 0 Å². The molecule has 0 bridgehead atoms. The van der Waals surface area contributed by atoms with Crippen LogP contribution in [0.1, 0.15) is 84.8 Å². The Hall–Kier alpha value is -2.82. The van der Waals surface area contributed by atoms with Gasteiger partial charge in [0.2, 0.25) is 5.91 Å². The fourth-order valence-corrected chi connectivity index (χ4v) is 6.04. The lowest BCUT2D eigenvalue weighted by atomic mass is 9.76. The van der Waals surface area contributed by atoms with E-state index in [1.165, 1.54) is 12.8 Å². The van der Waals surface area contributed by atoms with Gasteiger partial charge in [0.15, 0.2) is 0 Å². The first-order valence-corrected chi connectivity index (χ1v) is 12.5. The normalized spacial score (nSPS) is 23.8. The van der Waals surface area contributed by atoms with E-state index in [0.717, 1.165) is 68.5 Å². The Kier molecular flexibility index (Phi) is 6.39. The summed E-state index contributed by atoms with van der Waals surface area (Å²) < 4.78 is 5.39. The summed E-state index contributed by atoms with van der Waals surface area (Å²) in [7, 11) is 1.66. The average Bonchev–Trinajstić information content (AvgIpc) is 2.89. The van der Waals surface area contributed by atoms with Crippen LogP contribution >= 0.6 is 0 Å². The highest BCUT2D eigenvalue weighted by molar-refractivity contribution is 6.01. The molecule has 3 aliphatic rings. The minimum Gasteiger partial charge on any atom is -0.497 e. The number of piperidine rings is 1. The average molecular weight is 447 g/mol. The molecular weight excluding hydrogens is 412 g/mol. The Morgan fingerprint density at radius 2 is 1.55 bits per heavy atom. The third kappa shape index (κ3) is 4.14. The van der Waals surface area contributed by atoms with Crippen molar-refractivity contribution in [2.45, 2.75) is 69.4 Å². The zero-order valence-corrected chi connectivity index (χ0v) is 19.5. The summed E-state index contributed by atoms with van der Waals surface area (Å²) in [5, 5.41) is 0. The van der Waals surface area contributed by atoms with Crippen LogP contribution in [0.3, 0.4) is 0 Å². The number of amides is 2. The van der Waals surface area contributed by atoms with Crippen LogP contribution in [0, 0.1) is 0 Å². The van der Waals surface area contributed by atoms with Gasteiger partial charge in [0.25, 0.3) is 5.91 Å². The van der Waals surface area contributed by atoms with Gasteiger partial charge in [-0.15, -0.1) is 0 Å². The Balaban J connectivity index is 1.64. The number of ether oxygens (including phenoxy) is 1. The zero-order valence-electron chi connectivity index (χ0n) is 19.5. The molecule has 2 aromatic rings. The van der Waals surface area contributed by atoms with Crippen molar-refractivity contribution < 1.29 is 14.3 Å². The van der Waals surface area contributed by atoms with Crippen LogP contribution < -0.4 is 4.74 Å². The van der Waals surface area contributed by atoms with E-state index in [9.17, 15) is 9.59 Å². The van der Waals surface area contributed by atoms with Gasteiger partial charge in [-0.05, 0) is 61.4 Å². The Bertz CT molecular complexity index is 990. The standard InChI is InChI=1S/C28H34N2O3/c1-33-22-16-14-20(15-17-22)26-25(28(32)29-18-8-3-9-19-29)23-12-6-7-13-24(23)27(31)30(26)21-10-4-2-5-11-21/h6-7,12-17,21,25-26H,2-5,8-11,18-19H2,1H3/t25-,26+/m1/s1. The maximum Gasteiger partial charge on any atom is 0.254 e. The number of rotatable bonds is 4. The van der Waals surface area contributed by atoms with Crippen molar-refractivity contribution in [2.75, 3.05) is 20.2 Å². The predicted molar refractivity (Wildman–Crippen MR) is 128 cm³/mol. The quantitative estimate of drug-likeness (QED) is 0.639. The van der Waals surface area contributed by atoms with Crippen LogP contribution in [0.4, 0.5) is 0 Å². The van der Waals surface area contributed by atoms with Crippen molar-refractivity contribution in [1.82, 2.24) is 9.80 Å². The first kappa shape index (κ1) is 22.0. The molecule has 5 rings (SSSR count). The highest BCUT2D eigenvalue weighted by atomic mass is 16.5. The molecule has 1 saturated heterocycles. The number of hydrogen-bond donors (Lipinski definition) is 0. The molecule has 2 atom stereocenters. The summed E-state index contributed by atoms with van der Waals surface area (Å²) >= 11 is 0. The van der Waals surface area contributed by atoms with E-state index >= 15 is 0 Å². The molecule has 0 unspecified atom stereocenters. The van der Waals surface area contributed by atoms with E-state index in [4.69, 9.17) is 4.74 Å². The van der Waals surface area contributed by atoms with Crippen molar-refractivity contribution in [3.8, 4) is 5.75 Å². The van der Waals surface area contributed by atoms with Gasteiger partial charge in [-0.2, -0.15) is 0 Å². The molecule has 0 N–H and O–H groups in total. The number of likely N-dealkylation sites (tertiary alicyclic amines) is 1. The van der Waals surface area contributed by atoms with Crippen molar-refractivity contribution in [2.24, 2.45) is 0 Å². The smallest absolute Gasteiger partial charge is 0.254 e. The molecule has 2 fully saturated rings. The first-order valence-electron chi connectivity index (χ1n) is 12.5. The summed E-state index contributed by atoms with van der Waals surface area (Å²) in [6, 6.07) is 15.6. The Morgan fingerprint density at radius 1 is 0.879 bits per heavy atom. The second-order valence-electron chi connectivity index (χ2n) is 9.67. The van der Waals surface area contributed by atoms with E-state index in [1.807, 2.05) is 53.4 Å². The first-order chi connectivity index (χ1) is 16.2. The van der Waals surface area contributed by atoms with E-state index in [0.29, 0.717) is 5.56 Å². The molecule has 2 heterocycles. The fourth-order valence-electron chi connectivity index (χ4n) is 6.04. The van der Waals surface area contributed by atoms with E-state index in [-0.39, 0.29) is 29.8 Å². The van der Waals surface area contributed by atoms with Gasteiger partial charge in [-0.3, -0.25) is 9.59 Å². The zero-order chi connectivity index (χ0) is 22.8. The summed E-state index contributed by atoms with van der Waals surface area (Å²) in [4.78, 5) is 32.2. The van der Waals surface area contributed by atoms with Crippen LogP contribution in [-0.2, 0) is 4.79 Å². The van der Waals surface area contributed by atoms with Crippen LogP contribution in [0.5, 0.6) is 5.75 Å². The molecule has 0 aromatic heterocycles. The third-order valence-electron chi connectivity index (χ3n) is 7.74. The van der Waals surface area contributed by atoms with Crippen molar-refractivity contribution >= 4 is 11.8 Å². The third-order valence-corrected chi connectivity index (χ3v) is 7.74. The molecule has 0 radical (unpaired) electrons. The molecule has 2 amide bonds. The molecule has 5 nitrogen and oxygen atoms in total. The minimum atomic E-state index is -0.382. The lowest BCUT2D eigenvalue weighted by Crippen LogP contribution is -2.53. The topological polar surface area (TPSA) is 49.9 Å². The molecular formula is C28H34N2O3. The predicted octanol–water partition coefficient (Wildman–Crippen LogP) is 5.32. The highest BCUT2D eigenvalue weighted by Crippen LogP contribution is 2.46. The second-order valence-corrected chi connectivity index (χ2v) is 9.67. The lowest BCUT2D eigenvalue weighted by Gasteiger charge is -2.48. The maximum absolute atomic E-state index is 14.1. The second kappa shape index (κ2) is 9.58. The molecule has 33 heavy (non-hydrogen) atoms. The van der Waals surface area contributed by atoms with Crippen LogP contribution in [-0.4, -0.2) is 47.9 Å². The molecule has 174 valence electrons. The van der Waals surface area contributed by atoms with Crippen molar-refractivity contribution in [1.29, 1.82) is 0 Å². The van der Waals surface area contributed by atoms with Gasteiger partial charge in [0, 0.05) is 24.7 Å². The van der Waals surface area contributed by atoms with Gasteiger partial charge in [-0.25, -0.2) is 0 Å². The Morgan fingerprint density at radius 3 is 2.24 bits per heavy atom. The minimum absolute atomic E-state index is 0.0704. The van der Waals surface area contributed by atoms with Gasteiger partial charge in [0.1, 0.15) is 5.75 Å². The van der Waals surface area contributed by atoms with Gasteiger partial charge in [0.05, 0.1) is 19.1 Å². The number of fused-ring (bicyclic) bond motifs is 1. The van der Waals surface area contributed by atoms with E-state index in [2.05, 4.69) is 4.90 Å². The molecule has 2 aromatic carbocycles. The number of hydrogen-bond acceptors (Lipinski definition) is 3. The molecule has 5 heteroatoms. The lowest BCUT2D eigenvalue weighted by molar-refractivity contribution is -0.135. The molecule has 0 spiro atoms. The van der Waals surface area contributed by atoms with Crippen LogP contribution in [0.25, 0.3) is 0 Å². The maximum atomic E-state index is 14.1. The SMILES string of the molecule is COc1ccc([C@H]2[C@H](C(=O)N3CCCCC3)c3ccccc3C(=O)N2C2CCCCC2)cc1. The molecule has 1 saturated carbocycles. The van der Waals surface area contributed by atoms with Crippen molar-refractivity contribution in [3.63, 3.8) is 0 Å². The molecule has 1 aliphatic carbocycles. The van der Waals surface area contributed by atoms with Gasteiger partial charge >= 0.3 is 0 Å². The van der Waals surface area contributed by atoms with E-state index < -0.39 is 0 Å². The van der Waals surface area contributed by atoms with Gasteiger partial charge < -0.3 is 14.5 Å². The number of carbonyl (C=O) groups is 2. The number of methoxy groups -OCH3 is 1. The van der Waals surface area contributed by atoms with Crippen molar-refractivity contribution in [3.05, 3.63) is 65.2 Å². The number of nitrogens with zero attached hydrogens (tertiary/aromatic N) is 2. The van der Waals surface area contributed by atoms with Gasteiger partial charge in [-0.1, -0.05) is 49.6 Å². The monoisotopic (exact) mass is 446 g/mol. The fraction of sp³-hybridized carbons (Fsp3) is 0.500. The summed E-state index contributed by atoms with van der Waals surface area (Å²) in [5.41, 5.74) is 2.59. The Labute approximate surface area is 196 Å². The summed E-state index contributed by atoms with van der Waals surface area (Å²) in [6.07, 6.45) is 8.79.